The molecule has 1 atom stereocenters. The molecule has 0 bridgehead atoms. The number of hydrogen-bond acceptors (Lipinski definition) is 5. The van der Waals surface area contributed by atoms with Gasteiger partial charge in [-0.25, -0.2) is 4.98 Å². The summed E-state index contributed by atoms with van der Waals surface area (Å²) in [5.41, 5.74) is 0.537. The molecule has 3 heterocycles. The average Bonchev–Trinajstić information content (AvgIpc) is 3.01. The minimum atomic E-state index is -0.145. The highest BCUT2D eigenvalue weighted by Crippen LogP contribution is 2.23. The fraction of sp³-hybridized carbons (Fsp3) is 0.214. The first-order chi connectivity index (χ1) is 9.79. The Kier molecular flexibility index (Phi) is 3.58. The molecule has 20 heavy (non-hydrogen) atoms. The molecule has 0 aliphatic carbocycles. The Morgan fingerprint density at radius 1 is 1.45 bits per heavy atom. The van der Waals surface area contributed by atoms with Crippen molar-refractivity contribution in [1.29, 1.82) is 0 Å². The Morgan fingerprint density at radius 2 is 2.35 bits per heavy atom. The van der Waals surface area contributed by atoms with Crippen LogP contribution in [0.15, 0.2) is 47.1 Å². The standard InChI is InChI=1S/C14H13N3O2S/c1-19-12(13-3-2-6-20-13)8-17-9-16-11-7-15-5-4-10(11)14(17)18/h2-7,9,12H,8H2,1H3/t12-/m0/s1. The second kappa shape index (κ2) is 5.52. The van der Waals surface area contributed by atoms with Gasteiger partial charge in [0.05, 0.1) is 30.0 Å². The van der Waals surface area contributed by atoms with Crippen molar-refractivity contribution in [2.45, 2.75) is 12.6 Å². The van der Waals surface area contributed by atoms with E-state index in [0.717, 1.165) is 4.88 Å². The summed E-state index contributed by atoms with van der Waals surface area (Å²) in [6.07, 6.45) is 4.59. The van der Waals surface area contributed by atoms with Gasteiger partial charge in [-0.2, -0.15) is 0 Å². The molecule has 5 nitrogen and oxygen atoms in total. The molecule has 0 unspecified atom stereocenters. The summed E-state index contributed by atoms with van der Waals surface area (Å²) in [4.78, 5) is 21.7. The van der Waals surface area contributed by atoms with Crippen molar-refractivity contribution in [2.75, 3.05) is 7.11 Å². The van der Waals surface area contributed by atoms with Crippen molar-refractivity contribution in [3.8, 4) is 0 Å². The number of ether oxygens (including phenoxy) is 1. The molecule has 102 valence electrons. The van der Waals surface area contributed by atoms with Crippen molar-refractivity contribution in [1.82, 2.24) is 14.5 Å². The molecule has 3 rings (SSSR count). The summed E-state index contributed by atoms with van der Waals surface area (Å²) in [7, 11) is 1.65. The van der Waals surface area contributed by atoms with Crippen LogP contribution in [-0.4, -0.2) is 21.6 Å². The number of thiophene rings is 1. The molecule has 6 heteroatoms. The highest BCUT2D eigenvalue weighted by Gasteiger charge is 2.14. The van der Waals surface area contributed by atoms with Gasteiger partial charge in [0.25, 0.3) is 5.56 Å². The third-order valence-corrected chi connectivity index (χ3v) is 4.10. The molecule has 0 radical (unpaired) electrons. The summed E-state index contributed by atoms with van der Waals surface area (Å²) in [5.74, 6) is 0. The van der Waals surface area contributed by atoms with Gasteiger partial charge in [0.2, 0.25) is 0 Å². The second-order valence-electron chi connectivity index (χ2n) is 4.33. The Morgan fingerprint density at radius 3 is 3.10 bits per heavy atom. The van der Waals surface area contributed by atoms with Crippen LogP contribution in [0.5, 0.6) is 0 Å². The lowest BCUT2D eigenvalue weighted by Gasteiger charge is -2.15. The molecule has 0 spiro atoms. The van der Waals surface area contributed by atoms with Gasteiger partial charge in [-0.1, -0.05) is 6.07 Å². The van der Waals surface area contributed by atoms with Crippen LogP contribution in [0.1, 0.15) is 11.0 Å². The van der Waals surface area contributed by atoms with E-state index in [2.05, 4.69) is 9.97 Å². The number of aromatic nitrogens is 3. The van der Waals surface area contributed by atoms with E-state index in [1.807, 2.05) is 17.5 Å². The van der Waals surface area contributed by atoms with Crippen LogP contribution in [-0.2, 0) is 11.3 Å². The number of fused-ring (bicyclic) bond motifs is 1. The molecule has 0 aliphatic rings. The zero-order valence-electron chi connectivity index (χ0n) is 10.9. The molecule has 0 aliphatic heterocycles. The summed E-state index contributed by atoms with van der Waals surface area (Å²) < 4.78 is 7.06. The second-order valence-corrected chi connectivity index (χ2v) is 5.31. The van der Waals surface area contributed by atoms with Crippen molar-refractivity contribution in [3.63, 3.8) is 0 Å². The van der Waals surface area contributed by atoms with Gasteiger partial charge in [0.15, 0.2) is 0 Å². The lowest BCUT2D eigenvalue weighted by Crippen LogP contribution is -2.24. The predicted molar refractivity (Wildman–Crippen MR) is 77.9 cm³/mol. The van der Waals surface area contributed by atoms with Gasteiger partial charge < -0.3 is 4.74 Å². The van der Waals surface area contributed by atoms with Crippen LogP contribution in [0.4, 0.5) is 0 Å². The van der Waals surface area contributed by atoms with Crippen LogP contribution < -0.4 is 5.56 Å². The number of pyridine rings is 1. The highest BCUT2D eigenvalue weighted by molar-refractivity contribution is 7.10. The van der Waals surface area contributed by atoms with Gasteiger partial charge in [0.1, 0.15) is 6.10 Å². The minimum absolute atomic E-state index is 0.0731. The molecule has 3 aromatic rings. The first-order valence-electron chi connectivity index (χ1n) is 6.15. The SMILES string of the molecule is CO[C@@H](Cn1cnc2cnccc2c1=O)c1cccs1. The van der Waals surface area contributed by atoms with E-state index in [9.17, 15) is 4.79 Å². The monoisotopic (exact) mass is 287 g/mol. The average molecular weight is 287 g/mol. The van der Waals surface area contributed by atoms with E-state index in [-0.39, 0.29) is 11.7 Å². The molecule has 0 aromatic carbocycles. The lowest BCUT2D eigenvalue weighted by molar-refractivity contribution is 0.0897. The molecule has 3 aromatic heterocycles. The zero-order chi connectivity index (χ0) is 13.9. The fourth-order valence-electron chi connectivity index (χ4n) is 2.07. The molecule has 0 amide bonds. The summed E-state index contributed by atoms with van der Waals surface area (Å²) in [5, 5.41) is 2.57. The van der Waals surface area contributed by atoms with Crippen molar-refractivity contribution < 1.29 is 4.74 Å². The maximum atomic E-state index is 12.4. The van der Waals surface area contributed by atoms with Crippen molar-refractivity contribution >= 4 is 22.2 Å². The van der Waals surface area contributed by atoms with Gasteiger partial charge in [0, 0.05) is 18.2 Å². The molecular weight excluding hydrogens is 274 g/mol. The predicted octanol–water partition coefficient (Wildman–Crippen LogP) is 2.24. The van der Waals surface area contributed by atoms with E-state index < -0.39 is 0 Å². The van der Waals surface area contributed by atoms with E-state index in [4.69, 9.17) is 4.74 Å². The van der Waals surface area contributed by atoms with Crippen LogP contribution in [0.3, 0.4) is 0 Å². The van der Waals surface area contributed by atoms with E-state index in [0.29, 0.717) is 17.4 Å². The molecule has 0 fully saturated rings. The van der Waals surface area contributed by atoms with Gasteiger partial charge >= 0.3 is 0 Å². The largest absolute Gasteiger partial charge is 0.374 e. The summed E-state index contributed by atoms with van der Waals surface area (Å²) >= 11 is 1.61. The topological polar surface area (TPSA) is 57.0 Å². The number of rotatable bonds is 4. The quantitative estimate of drug-likeness (QED) is 0.738. The molecule has 0 saturated heterocycles. The maximum Gasteiger partial charge on any atom is 0.261 e. The van der Waals surface area contributed by atoms with Crippen molar-refractivity contribution in [3.05, 3.63) is 57.5 Å². The third kappa shape index (κ3) is 2.35. The van der Waals surface area contributed by atoms with Crippen LogP contribution in [0.25, 0.3) is 10.9 Å². The maximum absolute atomic E-state index is 12.4. The molecule has 0 N–H and O–H groups in total. The van der Waals surface area contributed by atoms with Crippen molar-refractivity contribution in [2.24, 2.45) is 0 Å². The van der Waals surface area contributed by atoms with Gasteiger partial charge in [-0.3, -0.25) is 14.3 Å². The molecule has 0 saturated carbocycles. The Balaban J connectivity index is 1.98. The zero-order valence-corrected chi connectivity index (χ0v) is 11.7. The van der Waals surface area contributed by atoms with E-state index >= 15 is 0 Å². The first kappa shape index (κ1) is 13.0. The van der Waals surface area contributed by atoms with E-state index in [1.54, 1.807) is 47.8 Å². The third-order valence-electron chi connectivity index (χ3n) is 3.14. The normalized spacial score (nSPS) is 12.7. The van der Waals surface area contributed by atoms with E-state index in [1.165, 1.54) is 0 Å². The minimum Gasteiger partial charge on any atom is -0.374 e. The summed E-state index contributed by atoms with van der Waals surface area (Å²) in [6, 6.07) is 5.66. The molecular formula is C14H13N3O2S. The Bertz CT molecular complexity index is 767. The van der Waals surface area contributed by atoms with Gasteiger partial charge in [-0.05, 0) is 17.5 Å². The first-order valence-corrected chi connectivity index (χ1v) is 7.03. The van der Waals surface area contributed by atoms with Crippen LogP contribution in [0, 0.1) is 0 Å². The van der Waals surface area contributed by atoms with Gasteiger partial charge in [-0.15, -0.1) is 11.3 Å². The number of methoxy groups -OCH3 is 1. The number of nitrogens with zero attached hydrogens (tertiary/aromatic N) is 3. The van der Waals surface area contributed by atoms with Crippen LogP contribution >= 0.6 is 11.3 Å². The lowest BCUT2D eigenvalue weighted by atomic mass is 10.2. The Labute approximate surface area is 119 Å². The van der Waals surface area contributed by atoms with Crippen LogP contribution in [0.2, 0.25) is 0 Å². The fourth-order valence-corrected chi connectivity index (χ4v) is 2.87. The summed E-state index contributed by atoms with van der Waals surface area (Å²) in [6.45, 7) is 0.446. The number of hydrogen-bond donors (Lipinski definition) is 0. The highest BCUT2D eigenvalue weighted by atomic mass is 32.1. The smallest absolute Gasteiger partial charge is 0.261 e. The Hall–Kier alpha value is -2.05.